The van der Waals surface area contributed by atoms with Crippen LogP contribution in [-0.4, -0.2) is 38.7 Å². The van der Waals surface area contributed by atoms with Gasteiger partial charge in [-0.3, -0.25) is 0 Å². The van der Waals surface area contributed by atoms with Gasteiger partial charge in [0.2, 0.25) is 0 Å². The maximum atomic E-state index is 5.98. The molecule has 1 aliphatic carbocycles. The molecular formula is C13H18N6. The molecular weight excluding hydrogens is 240 g/mol. The number of fused-ring (bicyclic) bond motifs is 1. The second-order valence-electron chi connectivity index (χ2n) is 5.61. The molecule has 3 heterocycles. The zero-order valence-corrected chi connectivity index (χ0v) is 10.9. The summed E-state index contributed by atoms with van der Waals surface area (Å²) in [4.78, 5) is 11.2. The van der Waals surface area contributed by atoms with Crippen LogP contribution in [-0.2, 0) is 0 Å². The third kappa shape index (κ3) is 1.96. The zero-order valence-electron chi connectivity index (χ0n) is 10.9. The van der Waals surface area contributed by atoms with Gasteiger partial charge in [-0.25, -0.2) is 4.98 Å². The second kappa shape index (κ2) is 4.16. The van der Waals surface area contributed by atoms with E-state index in [1.54, 1.807) is 6.33 Å². The van der Waals surface area contributed by atoms with Gasteiger partial charge >= 0.3 is 0 Å². The quantitative estimate of drug-likeness (QED) is 0.867. The van der Waals surface area contributed by atoms with E-state index in [0.717, 1.165) is 31.7 Å². The summed E-state index contributed by atoms with van der Waals surface area (Å²) in [6.07, 6.45) is 6.16. The van der Waals surface area contributed by atoms with Gasteiger partial charge in [0, 0.05) is 31.1 Å². The first-order chi connectivity index (χ1) is 9.31. The average molecular weight is 258 g/mol. The van der Waals surface area contributed by atoms with Crippen LogP contribution in [0.1, 0.15) is 37.3 Å². The van der Waals surface area contributed by atoms with Crippen molar-refractivity contribution in [3.63, 3.8) is 0 Å². The molecule has 2 aromatic rings. The Labute approximate surface area is 111 Å². The predicted molar refractivity (Wildman–Crippen MR) is 72.2 cm³/mol. The Morgan fingerprint density at radius 2 is 1.95 bits per heavy atom. The number of nitrogens with zero attached hydrogens (tertiary/aromatic N) is 5. The molecule has 6 nitrogen and oxygen atoms in total. The molecule has 1 aliphatic heterocycles. The van der Waals surface area contributed by atoms with E-state index in [4.69, 9.17) is 5.73 Å². The molecule has 0 radical (unpaired) electrons. The maximum Gasteiger partial charge on any atom is 0.254 e. The van der Waals surface area contributed by atoms with E-state index in [1.165, 1.54) is 18.5 Å². The van der Waals surface area contributed by atoms with Gasteiger partial charge in [0.25, 0.3) is 5.78 Å². The number of hydrogen-bond donors (Lipinski definition) is 1. The molecule has 6 heteroatoms. The Morgan fingerprint density at radius 1 is 1.16 bits per heavy atom. The van der Waals surface area contributed by atoms with Gasteiger partial charge in [0.05, 0.1) is 5.69 Å². The number of nitrogens with two attached hydrogens (primary N) is 1. The number of hydrogen-bond acceptors (Lipinski definition) is 5. The third-order valence-corrected chi connectivity index (χ3v) is 4.11. The predicted octanol–water partition coefficient (Wildman–Crippen LogP) is 0.929. The topological polar surface area (TPSA) is 72.3 Å². The van der Waals surface area contributed by atoms with Crippen molar-refractivity contribution in [2.75, 3.05) is 18.0 Å². The van der Waals surface area contributed by atoms with E-state index in [1.807, 2.05) is 4.52 Å². The molecule has 4 rings (SSSR count). The minimum absolute atomic E-state index is 0.340. The maximum absolute atomic E-state index is 5.98. The summed E-state index contributed by atoms with van der Waals surface area (Å²) < 4.78 is 1.85. The molecule has 0 amide bonds. The summed E-state index contributed by atoms with van der Waals surface area (Å²) in [7, 11) is 0. The summed E-state index contributed by atoms with van der Waals surface area (Å²) in [6, 6.07) is 2.53. The standard InChI is InChI=1S/C13H18N6/c14-10-3-5-18(6-4-10)12-7-11(9-1-2-9)17-13-15-8-16-19(12)13/h7-10H,1-6,14H2. The highest BCUT2D eigenvalue weighted by atomic mass is 15.4. The second-order valence-corrected chi connectivity index (χ2v) is 5.61. The molecule has 0 bridgehead atoms. The van der Waals surface area contributed by atoms with Crippen LogP contribution in [0.2, 0.25) is 0 Å². The van der Waals surface area contributed by atoms with E-state index >= 15 is 0 Å². The van der Waals surface area contributed by atoms with Crippen molar-refractivity contribution in [3.8, 4) is 0 Å². The smallest absolute Gasteiger partial charge is 0.254 e. The minimum atomic E-state index is 0.340. The summed E-state index contributed by atoms with van der Waals surface area (Å²) in [5.74, 6) is 2.47. The normalized spacial score (nSPS) is 21.2. The fraction of sp³-hybridized carbons (Fsp3) is 0.615. The van der Waals surface area contributed by atoms with Crippen molar-refractivity contribution in [1.82, 2.24) is 19.6 Å². The fourth-order valence-corrected chi connectivity index (χ4v) is 2.76. The first-order valence-corrected chi connectivity index (χ1v) is 7.02. The lowest BCUT2D eigenvalue weighted by molar-refractivity contribution is 0.496. The lowest BCUT2D eigenvalue weighted by atomic mass is 10.1. The lowest BCUT2D eigenvalue weighted by Gasteiger charge is -2.31. The molecule has 19 heavy (non-hydrogen) atoms. The van der Waals surface area contributed by atoms with E-state index in [2.05, 4.69) is 26.0 Å². The zero-order chi connectivity index (χ0) is 12.8. The van der Waals surface area contributed by atoms with Crippen LogP contribution in [0.25, 0.3) is 5.78 Å². The van der Waals surface area contributed by atoms with Gasteiger partial charge in [-0.2, -0.15) is 14.6 Å². The van der Waals surface area contributed by atoms with Gasteiger partial charge in [0.1, 0.15) is 12.1 Å². The largest absolute Gasteiger partial charge is 0.356 e. The lowest BCUT2D eigenvalue weighted by Crippen LogP contribution is -2.40. The highest BCUT2D eigenvalue weighted by Crippen LogP contribution is 2.40. The van der Waals surface area contributed by atoms with E-state index in [0.29, 0.717) is 17.7 Å². The van der Waals surface area contributed by atoms with Gasteiger partial charge in [-0.05, 0) is 25.7 Å². The van der Waals surface area contributed by atoms with Crippen LogP contribution >= 0.6 is 0 Å². The van der Waals surface area contributed by atoms with Crippen molar-refractivity contribution < 1.29 is 0 Å². The van der Waals surface area contributed by atoms with Gasteiger partial charge in [-0.1, -0.05) is 0 Å². The SMILES string of the molecule is NC1CCN(c2cc(C3CC3)nc3ncnn23)CC1. The first kappa shape index (κ1) is 11.2. The van der Waals surface area contributed by atoms with Crippen molar-refractivity contribution in [3.05, 3.63) is 18.1 Å². The van der Waals surface area contributed by atoms with Crippen LogP contribution in [0.4, 0.5) is 5.82 Å². The summed E-state index contributed by atoms with van der Waals surface area (Å²) in [5, 5.41) is 4.30. The minimum Gasteiger partial charge on any atom is -0.356 e. The molecule has 1 saturated heterocycles. The van der Waals surface area contributed by atoms with Gasteiger partial charge in [-0.15, -0.1) is 0 Å². The third-order valence-electron chi connectivity index (χ3n) is 4.11. The first-order valence-electron chi connectivity index (χ1n) is 7.02. The number of anilines is 1. The number of piperidine rings is 1. The van der Waals surface area contributed by atoms with E-state index in [9.17, 15) is 0 Å². The van der Waals surface area contributed by atoms with E-state index < -0.39 is 0 Å². The van der Waals surface area contributed by atoms with Crippen molar-refractivity contribution in [2.24, 2.45) is 5.73 Å². The van der Waals surface area contributed by atoms with Gasteiger partial charge < -0.3 is 10.6 Å². The van der Waals surface area contributed by atoms with Crippen LogP contribution < -0.4 is 10.6 Å². The Morgan fingerprint density at radius 3 is 2.68 bits per heavy atom. The summed E-state index contributed by atoms with van der Waals surface area (Å²) in [6.45, 7) is 1.98. The van der Waals surface area contributed by atoms with Crippen molar-refractivity contribution in [1.29, 1.82) is 0 Å². The van der Waals surface area contributed by atoms with Crippen LogP contribution in [0.3, 0.4) is 0 Å². The highest BCUT2D eigenvalue weighted by Gasteiger charge is 2.28. The summed E-state index contributed by atoms with van der Waals surface area (Å²) >= 11 is 0. The Bertz CT molecular complexity index is 594. The monoisotopic (exact) mass is 258 g/mol. The van der Waals surface area contributed by atoms with Crippen LogP contribution in [0.5, 0.6) is 0 Å². The fourth-order valence-electron chi connectivity index (χ4n) is 2.76. The summed E-state index contributed by atoms with van der Waals surface area (Å²) in [5.41, 5.74) is 7.15. The Balaban J connectivity index is 1.76. The molecule has 0 unspecified atom stereocenters. The molecule has 1 saturated carbocycles. The molecule has 2 fully saturated rings. The number of rotatable bonds is 2. The molecule has 0 aromatic carbocycles. The van der Waals surface area contributed by atoms with E-state index in [-0.39, 0.29) is 0 Å². The molecule has 2 N–H and O–H groups in total. The molecule has 2 aromatic heterocycles. The number of aromatic nitrogens is 4. The Hall–Kier alpha value is -1.69. The van der Waals surface area contributed by atoms with Crippen LogP contribution in [0.15, 0.2) is 12.4 Å². The van der Waals surface area contributed by atoms with Crippen molar-refractivity contribution in [2.45, 2.75) is 37.6 Å². The van der Waals surface area contributed by atoms with Crippen LogP contribution in [0, 0.1) is 0 Å². The highest BCUT2D eigenvalue weighted by molar-refractivity contribution is 5.49. The molecule has 0 atom stereocenters. The molecule has 0 spiro atoms. The molecule has 2 aliphatic rings. The average Bonchev–Trinajstić information content (AvgIpc) is 3.17. The van der Waals surface area contributed by atoms with Gasteiger partial charge in [0.15, 0.2) is 0 Å². The Kier molecular flexibility index (Phi) is 2.44. The van der Waals surface area contributed by atoms with Crippen molar-refractivity contribution >= 4 is 11.6 Å². The molecule has 100 valence electrons.